The minimum Gasteiger partial charge on any atom is -0.408 e. The quantitative estimate of drug-likeness (QED) is 0.831. The first-order valence-electron chi connectivity index (χ1n) is 6.12. The predicted octanol–water partition coefficient (Wildman–Crippen LogP) is 3.29. The maximum Gasteiger partial charge on any atom is 0.410 e. The van der Waals surface area contributed by atoms with Gasteiger partial charge in [-0.25, -0.2) is 4.79 Å². The van der Waals surface area contributed by atoms with Gasteiger partial charge >= 0.3 is 6.09 Å². The van der Waals surface area contributed by atoms with Gasteiger partial charge < -0.3 is 15.8 Å². The number of benzene rings is 2. The topological polar surface area (TPSA) is 81.4 Å². The second-order valence-electron chi connectivity index (χ2n) is 4.20. The zero-order valence-electron chi connectivity index (χ0n) is 11.0. The van der Waals surface area contributed by atoms with E-state index >= 15 is 0 Å². The number of nitrogens with two attached hydrogens (primary N) is 1. The first-order chi connectivity index (χ1) is 10.1. The van der Waals surface area contributed by atoms with Crippen molar-refractivity contribution in [2.75, 3.05) is 5.32 Å². The summed E-state index contributed by atoms with van der Waals surface area (Å²) in [5.41, 5.74) is 6.95. The van der Waals surface area contributed by atoms with E-state index in [4.69, 9.17) is 10.5 Å². The van der Waals surface area contributed by atoms with Crippen molar-refractivity contribution < 1.29 is 14.3 Å². The number of rotatable bonds is 4. The van der Waals surface area contributed by atoms with E-state index in [1.54, 1.807) is 36.4 Å². The average Bonchev–Trinajstić information content (AvgIpc) is 2.49. The number of anilines is 1. The molecular weight excluding hydrogens is 336 g/mol. The summed E-state index contributed by atoms with van der Waals surface area (Å²) in [5.74, 6) is -0.0907. The fourth-order valence-corrected chi connectivity index (χ4v) is 2.08. The van der Waals surface area contributed by atoms with Crippen molar-refractivity contribution in [1.82, 2.24) is 0 Å². The van der Waals surface area contributed by atoms with Gasteiger partial charge in [-0.05, 0) is 29.8 Å². The average molecular weight is 349 g/mol. The number of hydrogen-bond donors (Lipinski definition) is 2. The molecule has 108 valence electrons. The van der Waals surface area contributed by atoms with E-state index in [9.17, 15) is 9.59 Å². The molecule has 0 fully saturated rings. The van der Waals surface area contributed by atoms with E-state index in [0.717, 1.165) is 10.9 Å². The van der Waals surface area contributed by atoms with Gasteiger partial charge in [0.25, 0.3) is 5.91 Å². The van der Waals surface area contributed by atoms with Gasteiger partial charge in [-0.15, -0.1) is 0 Å². The molecule has 5 nitrogen and oxygen atoms in total. The van der Waals surface area contributed by atoms with Crippen LogP contribution in [0.1, 0.15) is 15.9 Å². The number of alkyl halides is 1. The van der Waals surface area contributed by atoms with Gasteiger partial charge in [0.05, 0.1) is 5.69 Å². The predicted molar refractivity (Wildman–Crippen MR) is 83.7 cm³/mol. The Morgan fingerprint density at radius 2 is 1.76 bits per heavy atom. The second-order valence-corrected chi connectivity index (χ2v) is 4.76. The number of para-hydroxylation sites is 2. The van der Waals surface area contributed by atoms with E-state index in [1.807, 2.05) is 12.1 Å². The van der Waals surface area contributed by atoms with Gasteiger partial charge in [-0.1, -0.05) is 40.2 Å². The molecule has 21 heavy (non-hydrogen) atoms. The first-order valence-corrected chi connectivity index (χ1v) is 7.25. The van der Waals surface area contributed by atoms with Crippen LogP contribution in [0.15, 0.2) is 48.5 Å². The van der Waals surface area contributed by atoms with E-state index in [-0.39, 0.29) is 11.7 Å². The Morgan fingerprint density at radius 3 is 2.38 bits per heavy atom. The summed E-state index contributed by atoms with van der Waals surface area (Å²) in [7, 11) is 0. The van der Waals surface area contributed by atoms with Crippen LogP contribution in [0.4, 0.5) is 10.5 Å². The molecule has 0 bridgehead atoms. The number of primary amides is 1. The zero-order valence-corrected chi connectivity index (χ0v) is 12.6. The van der Waals surface area contributed by atoms with Crippen LogP contribution < -0.4 is 15.8 Å². The highest BCUT2D eigenvalue weighted by Gasteiger charge is 2.11. The number of ether oxygens (including phenoxy) is 1. The summed E-state index contributed by atoms with van der Waals surface area (Å²) < 4.78 is 4.84. The number of halogens is 1. The number of nitrogens with one attached hydrogen (secondary N) is 1. The highest BCUT2D eigenvalue weighted by Crippen LogP contribution is 2.24. The summed E-state index contributed by atoms with van der Waals surface area (Å²) in [4.78, 5) is 23.0. The lowest BCUT2D eigenvalue weighted by Gasteiger charge is -2.10. The molecule has 6 heteroatoms. The van der Waals surface area contributed by atoms with Gasteiger partial charge in [0.1, 0.15) is 0 Å². The highest BCUT2D eigenvalue weighted by molar-refractivity contribution is 9.08. The third kappa shape index (κ3) is 4.06. The monoisotopic (exact) mass is 348 g/mol. The Labute approximate surface area is 130 Å². The van der Waals surface area contributed by atoms with Crippen LogP contribution in [0, 0.1) is 0 Å². The molecule has 3 N–H and O–H groups in total. The first kappa shape index (κ1) is 15.1. The summed E-state index contributed by atoms with van der Waals surface area (Å²) in [6, 6.07) is 13.7. The normalized spacial score (nSPS) is 9.95. The smallest absolute Gasteiger partial charge is 0.408 e. The molecule has 0 saturated heterocycles. The molecule has 0 aliphatic heterocycles. The second kappa shape index (κ2) is 6.90. The lowest BCUT2D eigenvalue weighted by Crippen LogP contribution is -2.18. The molecule has 0 aliphatic carbocycles. The zero-order chi connectivity index (χ0) is 15.2. The molecular formula is C15H13BrN2O3. The molecule has 0 aromatic heterocycles. The Balaban J connectivity index is 2.17. The molecule has 0 unspecified atom stereocenters. The molecule has 0 aliphatic rings. The number of amides is 2. The third-order valence-electron chi connectivity index (χ3n) is 2.72. The summed E-state index contributed by atoms with van der Waals surface area (Å²) >= 11 is 3.34. The van der Waals surface area contributed by atoms with Crippen molar-refractivity contribution >= 4 is 33.6 Å². The Hall–Kier alpha value is -2.34. The van der Waals surface area contributed by atoms with E-state index in [0.29, 0.717) is 11.3 Å². The maximum atomic E-state index is 12.2. The minimum absolute atomic E-state index is 0.204. The molecule has 0 saturated carbocycles. The molecule has 2 rings (SSSR count). The van der Waals surface area contributed by atoms with Crippen LogP contribution in [0.2, 0.25) is 0 Å². The molecule has 0 heterocycles. The van der Waals surface area contributed by atoms with Crippen LogP contribution in [0.3, 0.4) is 0 Å². The molecule has 0 spiro atoms. The van der Waals surface area contributed by atoms with E-state index < -0.39 is 6.09 Å². The summed E-state index contributed by atoms with van der Waals surface area (Å²) in [6.07, 6.45) is -0.932. The molecule has 0 radical (unpaired) electrons. The van der Waals surface area contributed by atoms with Gasteiger partial charge in [0, 0.05) is 10.9 Å². The highest BCUT2D eigenvalue weighted by atomic mass is 79.9. The maximum absolute atomic E-state index is 12.2. The third-order valence-corrected chi connectivity index (χ3v) is 3.36. The Bertz CT molecular complexity index is 656. The molecule has 2 aromatic rings. The number of carbonyl (C=O) groups is 2. The summed E-state index contributed by atoms with van der Waals surface area (Å²) in [5, 5.41) is 3.41. The van der Waals surface area contributed by atoms with Crippen molar-refractivity contribution in [2.45, 2.75) is 5.33 Å². The van der Waals surface area contributed by atoms with Crippen molar-refractivity contribution in [2.24, 2.45) is 5.73 Å². The minimum atomic E-state index is -0.932. The van der Waals surface area contributed by atoms with Crippen molar-refractivity contribution in [3.05, 3.63) is 59.7 Å². The molecule has 2 aromatic carbocycles. The van der Waals surface area contributed by atoms with Crippen LogP contribution >= 0.6 is 15.9 Å². The Morgan fingerprint density at radius 1 is 1.10 bits per heavy atom. The molecule has 0 atom stereocenters. The standard InChI is InChI=1S/C15H13BrN2O3/c16-9-10-5-7-11(8-6-10)14(19)18-12-3-1-2-4-13(12)21-15(17)20/h1-8H,9H2,(H2,17,20)(H,18,19). The fraction of sp³-hybridized carbons (Fsp3) is 0.0667. The number of carbonyl (C=O) groups excluding carboxylic acids is 2. The Kier molecular flexibility index (Phi) is 4.94. The van der Waals surface area contributed by atoms with Crippen LogP contribution in [0.5, 0.6) is 5.75 Å². The van der Waals surface area contributed by atoms with Crippen LogP contribution in [-0.4, -0.2) is 12.0 Å². The largest absolute Gasteiger partial charge is 0.410 e. The lowest BCUT2D eigenvalue weighted by molar-refractivity contribution is 0.102. The van der Waals surface area contributed by atoms with Gasteiger partial charge in [0.2, 0.25) is 0 Å². The van der Waals surface area contributed by atoms with E-state index in [1.165, 1.54) is 0 Å². The van der Waals surface area contributed by atoms with Crippen molar-refractivity contribution in [3.63, 3.8) is 0 Å². The van der Waals surface area contributed by atoms with Gasteiger partial charge in [-0.3, -0.25) is 4.79 Å². The van der Waals surface area contributed by atoms with Crippen molar-refractivity contribution in [1.29, 1.82) is 0 Å². The van der Waals surface area contributed by atoms with E-state index in [2.05, 4.69) is 21.2 Å². The number of hydrogen-bond acceptors (Lipinski definition) is 3. The van der Waals surface area contributed by atoms with Gasteiger partial charge in [0.15, 0.2) is 5.75 Å². The van der Waals surface area contributed by atoms with Crippen molar-refractivity contribution in [3.8, 4) is 5.75 Å². The van der Waals surface area contributed by atoms with Crippen LogP contribution in [0.25, 0.3) is 0 Å². The van der Waals surface area contributed by atoms with Crippen LogP contribution in [-0.2, 0) is 5.33 Å². The lowest BCUT2D eigenvalue weighted by atomic mass is 10.1. The SMILES string of the molecule is NC(=O)Oc1ccccc1NC(=O)c1ccc(CBr)cc1. The fourth-order valence-electron chi connectivity index (χ4n) is 1.71. The summed E-state index contributed by atoms with van der Waals surface area (Å²) in [6.45, 7) is 0. The molecule has 2 amide bonds. The van der Waals surface area contributed by atoms with Gasteiger partial charge in [-0.2, -0.15) is 0 Å².